The Hall–Kier alpha value is -1.95. The molecule has 1 aliphatic heterocycles. The first-order valence-corrected chi connectivity index (χ1v) is 5.47. The van der Waals surface area contributed by atoms with Gasteiger partial charge < -0.3 is 15.4 Å². The van der Waals surface area contributed by atoms with Gasteiger partial charge in [0.15, 0.2) is 0 Å². The van der Waals surface area contributed by atoms with Crippen LogP contribution >= 0.6 is 0 Å². The van der Waals surface area contributed by atoms with E-state index in [2.05, 4.69) is 4.74 Å². The van der Waals surface area contributed by atoms with Crippen molar-refractivity contribution in [3.05, 3.63) is 29.6 Å². The predicted octanol–water partition coefficient (Wildman–Crippen LogP) is 0.676. The fourth-order valence-electron chi connectivity index (χ4n) is 2.01. The number of nitrogens with zero attached hydrogens (tertiary/aromatic N) is 1. The van der Waals surface area contributed by atoms with Crippen LogP contribution in [0.3, 0.4) is 0 Å². The van der Waals surface area contributed by atoms with Crippen LogP contribution in [0.2, 0.25) is 0 Å². The molecule has 1 amide bonds. The Labute approximate surface area is 103 Å². The molecule has 18 heavy (non-hydrogen) atoms. The normalized spacial score (nSPS) is 19.2. The average molecular weight is 252 g/mol. The molecule has 1 unspecified atom stereocenters. The fourth-order valence-corrected chi connectivity index (χ4v) is 2.01. The molecule has 2 N–H and O–H groups in total. The van der Waals surface area contributed by atoms with Gasteiger partial charge in [0.2, 0.25) is 5.91 Å². The van der Waals surface area contributed by atoms with Crippen molar-refractivity contribution in [2.45, 2.75) is 12.5 Å². The Bertz CT molecular complexity index is 504. The number of esters is 1. The van der Waals surface area contributed by atoms with Gasteiger partial charge in [-0.1, -0.05) is 6.07 Å². The molecule has 0 spiro atoms. The summed E-state index contributed by atoms with van der Waals surface area (Å²) >= 11 is 0. The molecule has 1 aromatic rings. The lowest BCUT2D eigenvalue weighted by Crippen LogP contribution is -2.29. The largest absolute Gasteiger partial charge is 0.465 e. The van der Waals surface area contributed by atoms with Gasteiger partial charge in [0.1, 0.15) is 11.4 Å². The fraction of sp³-hybridized carbons (Fsp3) is 0.333. The van der Waals surface area contributed by atoms with Crippen LogP contribution in [0.1, 0.15) is 16.8 Å². The molecule has 6 heteroatoms. The maximum absolute atomic E-state index is 13.7. The molecule has 0 aliphatic carbocycles. The molecule has 0 radical (unpaired) electrons. The summed E-state index contributed by atoms with van der Waals surface area (Å²) in [6.07, 6.45) is 0.192. The average Bonchev–Trinajstić information content (AvgIpc) is 2.67. The van der Waals surface area contributed by atoms with E-state index < -0.39 is 11.8 Å². The van der Waals surface area contributed by atoms with Gasteiger partial charge in [-0.2, -0.15) is 0 Å². The molecule has 0 saturated carbocycles. The van der Waals surface area contributed by atoms with Gasteiger partial charge in [0.05, 0.1) is 12.8 Å². The van der Waals surface area contributed by atoms with Gasteiger partial charge in [0, 0.05) is 19.0 Å². The monoisotopic (exact) mass is 252 g/mol. The van der Waals surface area contributed by atoms with Crippen LogP contribution in [-0.2, 0) is 9.53 Å². The first-order valence-electron chi connectivity index (χ1n) is 5.47. The molecule has 1 aliphatic rings. The van der Waals surface area contributed by atoms with Crippen LogP contribution < -0.4 is 10.6 Å². The number of hydrogen-bond acceptors (Lipinski definition) is 4. The lowest BCUT2D eigenvalue weighted by molar-refractivity contribution is -0.117. The summed E-state index contributed by atoms with van der Waals surface area (Å²) in [5.74, 6) is -1.75. The van der Waals surface area contributed by atoms with Gasteiger partial charge >= 0.3 is 5.97 Å². The van der Waals surface area contributed by atoms with E-state index in [4.69, 9.17) is 5.73 Å². The number of ether oxygens (including phenoxy) is 1. The van der Waals surface area contributed by atoms with Crippen molar-refractivity contribution in [3.8, 4) is 0 Å². The molecule has 0 bridgehead atoms. The van der Waals surface area contributed by atoms with Crippen LogP contribution in [0.5, 0.6) is 0 Å². The number of rotatable bonds is 2. The maximum Gasteiger partial charge on any atom is 0.343 e. The molecule has 2 rings (SSSR count). The topological polar surface area (TPSA) is 72.6 Å². The van der Waals surface area contributed by atoms with E-state index in [1.807, 2.05) is 0 Å². The van der Waals surface area contributed by atoms with E-state index >= 15 is 0 Å². The summed E-state index contributed by atoms with van der Waals surface area (Å²) in [4.78, 5) is 24.6. The second-order valence-corrected chi connectivity index (χ2v) is 4.09. The molecule has 1 fully saturated rings. The summed E-state index contributed by atoms with van der Waals surface area (Å²) in [5.41, 5.74) is 5.65. The van der Waals surface area contributed by atoms with Crippen molar-refractivity contribution in [1.29, 1.82) is 0 Å². The summed E-state index contributed by atoms with van der Waals surface area (Å²) in [6.45, 7) is 0.270. The maximum atomic E-state index is 13.7. The minimum atomic E-state index is -0.809. The van der Waals surface area contributed by atoms with E-state index in [-0.39, 0.29) is 36.2 Å². The van der Waals surface area contributed by atoms with Gasteiger partial charge in [-0.3, -0.25) is 4.79 Å². The third-order valence-electron chi connectivity index (χ3n) is 2.83. The van der Waals surface area contributed by atoms with E-state index in [1.165, 1.54) is 17.0 Å². The molecule has 0 aromatic heterocycles. The number of amides is 1. The van der Waals surface area contributed by atoms with Gasteiger partial charge in [0.25, 0.3) is 0 Å². The van der Waals surface area contributed by atoms with Crippen molar-refractivity contribution in [1.82, 2.24) is 0 Å². The zero-order valence-electron chi connectivity index (χ0n) is 9.85. The van der Waals surface area contributed by atoms with Crippen LogP contribution in [0.15, 0.2) is 18.2 Å². The lowest BCUT2D eigenvalue weighted by Gasteiger charge is -2.19. The molecular weight excluding hydrogens is 239 g/mol. The molecule has 1 saturated heterocycles. The second-order valence-electron chi connectivity index (χ2n) is 4.09. The SMILES string of the molecule is COC(=O)c1c(F)cccc1N1CC(N)CC1=O. The van der Waals surface area contributed by atoms with Crippen molar-refractivity contribution >= 4 is 17.6 Å². The van der Waals surface area contributed by atoms with E-state index in [0.29, 0.717) is 0 Å². The Morgan fingerprint density at radius 3 is 2.83 bits per heavy atom. The number of carbonyl (C=O) groups excluding carboxylic acids is 2. The number of hydrogen-bond donors (Lipinski definition) is 1. The standard InChI is InChI=1S/C12H13FN2O3/c1-18-12(17)11-8(13)3-2-4-9(11)15-6-7(14)5-10(15)16/h2-4,7H,5-6,14H2,1H3. The van der Waals surface area contributed by atoms with Crippen molar-refractivity contribution < 1.29 is 18.7 Å². The quantitative estimate of drug-likeness (QED) is 0.785. The number of anilines is 1. The minimum Gasteiger partial charge on any atom is -0.465 e. The first-order chi connectivity index (χ1) is 8.54. The molecule has 96 valence electrons. The van der Waals surface area contributed by atoms with Crippen LogP contribution in [0.25, 0.3) is 0 Å². The second kappa shape index (κ2) is 4.73. The van der Waals surface area contributed by atoms with Gasteiger partial charge in [-0.05, 0) is 12.1 Å². The van der Waals surface area contributed by atoms with E-state index in [0.717, 1.165) is 13.2 Å². The Balaban J connectivity index is 2.48. The third kappa shape index (κ3) is 2.06. The van der Waals surface area contributed by atoms with E-state index in [1.54, 1.807) is 0 Å². The third-order valence-corrected chi connectivity index (χ3v) is 2.83. The highest BCUT2D eigenvalue weighted by Gasteiger charge is 2.32. The van der Waals surface area contributed by atoms with Gasteiger partial charge in [-0.15, -0.1) is 0 Å². The zero-order valence-corrected chi connectivity index (χ0v) is 9.85. The van der Waals surface area contributed by atoms with Gasteiger partial charge in [-0.25, -0.2) is 9.18 Å². The number of nitrogens with two attached hydrogens (primary N) is 1. The zero-order chi connectivity index (χ0) is 13.3. The minimum absolute atomic E-state index is 0.192. The predicted molar refractivity (Wildman–Crippen MR) is 62.7 cm³/mol. The Morgan fingerprint density at radius 1 is 1.56 bits per heavy atom. The number of benzene rings is 1. The number of carbonyl (C=O) groups is 2. The molecule has 1 aromatic carbocycles. The number of methoxy groups -OCH3 is 1. The summed E-state index contributed by atoms with van der Waals surface area (Å²) in [7, 11) is 1.16. The summed E-state index contributed by atoms with van der Waals surface area (Å²) < 4.78 is 18.2. The van der Waals surface area contributed by atoms with E-state index in [9.17, 15) is 14.0 Å². The summed E-state index contributed by atoms with van der Waals surface area (Å²) in [6, 6.07) is 3.79. The molecular formula is C12H13FN2O3. The van der Waals surface area contributed by atoms with Crippen LogP contribution in [0, 0.1) is 5.82 Å². The highest BCUT2D eigenvalue weighted by molar-refractivity contribution is 6.04. The van der Waals surface area contributed by atoms with Crippen LogP contribution in [-0.4, -0.2) is 31.6 Å². The highest BCUT2D eigenvalue weighted by atomic mass is 19.1. The lowest BCUT2D eigenvalue weighted by atomic mass is 10.1. The molecule has 1 heterocycles. The molecule has 1 atom stereocenters. The van der Waals surface area contributed by atoms with Crippen LogP contribution in [0.4, 0.5) is 10.1 Å². The Kier molecular flexibility index (Phi) is 3.29. The first kappa shape index (κ1) is 12.5. The molecule has 5 nitrogen and oxygen atoms in total. The summed E-state index contributed by atoms with van der Waals surface area (Å²) in [5, 5.41) is 0. The van der Waals surface area contributed by atoms with Crippen molar-refractivity contribution in [2.24, 2.45) is 5.73 Å². The smallest absolute Gasteiger partial charge is 0.343 e. The number of halogens is 1. The Morgan fingerprint density at radius 2 is 2.28 bits per heavy atom. The highest BCUT2D eigenvalue weighted by Crippen LogP contribution is 2.27. The van der Waals surface area contributed by atoms with Crippen molar-refractivity contribution in [2.75, 3.05) is 18.6 Å². The van der Waals surface area contributed by atoms with Crippen molar-refractivity contribution in [3.63, 3.8) is 0 Å².